The summed E-state index contributed by atoms with van der Waals surface area (Å²) >= 11 is 5.75. The summed E-state index contributed by atoms with van der Waals surface area (Å²) < 4.78 is 40.0. The first-order chi connectivity index (χ1) is 9.47. The van der Waals surface area contributed by atoms with E-state index >= 15 is 0 Å². The van der Waals surface area contributed by atoms with Crippen LogP contribution in [0.2, 0.25) is 5.02 Å². The Morgan fingerprint density at radius 3 is 2.40 bits per heavy atom. The SMILES string of the molecule is OC(Cc1cc(Cl)ccc1F)Cc1cccc(F)c1F. The fraction of sp³-hybridized carbons (Fsp3) is 0.200. The van der Waals surface area contributed by atoms with Gasteiger partial charge in [0, 0.05) is 17.9 Å². The standard InChI is InChI=1S/C15H12ClF3O/c16-11-4-5-13(17)10(6-11)8-12(20)7-9-2-1-3-14(18)15(9)19/h1-6,12,20H,7-8H2. The topological polar surface area (TPSA) is 20.2 Å². The van der Waals surface area contributed by atoms with Crippen molar-refractivity contribution >= 4 is 11.6 Å². The highest BCUT2D eigenvalue weighted by atomic mass is 35.5. The molecule has 0 amide bonds. The zero-order valence-corrected chi connectivity index (χ0v) is 11.2. The number of hydrogen-bond acceptors (Lipinski definition) is 1. The van der Waals surface area contributed by atoms with Gasteiger partial charge in [0.25, 0.3) is 0 Å². The average molecular weight is 301 g/mol. The molecule has 0 spiro atoms. The Balaban J connectivity index is 2.11. The number of aliphatic hydroxyl groups excluding tert-OH is 1. The molecule has 0 aromatic heterocycles. The van der Waals surface area contributed by atoms with Crippen LogP contribution < -0.4 is 0 Å². The lowest BCUT2D eigenvalue weighted by atomic mass is 10.0. The van der Waals surface area contributed by atoms with Crippen molar-refractivity contribution in [1.29, 1.82) is 0 Å². The summed E-state index contributed by atoms with van der Waals surface area (Å²) in [5.41, 5.74) is 0.293. The molecule has 5 heteroatoms. The molecule has 0 heterocycles. The molecular weight excluding hydrogens is 289 g/mol. The molecule has 0 radical (unpaired) electrons. The van der Waals surface area contributed by atoms with Crippen LogP contribution in [0.25, 0.3) is 0 Å². The first-order valence-corrected chi connectivity index (χ1v) is 6.40. The van der Waals surface area contributed by atoms with E-state index in [4.69, 9.17) is 11.6 Å². The predicted molar refractivity (Wildman–Crippen MR) is 71.2 cm³/mol. The average Bonchev–Trinajstić information content (AvgIpc) is 2.39. The van der Waals surface area contributed by atoms with Crippen LogP contribution in [-0.2, 0) is 12.8 Å². The summed E-state index contributed by atoms with van der Waals surface area (Å²) in [5.74, 6) is -2.45. The zero-order chi connectivity index (χ0) is 14.7. The van der Waals surface area contributed by atoms with Gasteiger partial charge in [0.15, 0.2) is 11.6 Å². The summed E-state index contributed by atoms with van der Waals surface area (Å²) in [6.07, 6.45) is -1.16. The summed E-state index contributed by atoms with van der Waals surface area (Å²) in [4.78, 5) is 0. The first kappa shape index (κ1) is 14.9. The van der Waals surface area contributed by atoms with Gasteiger partial charge in [-0.1, -0.05) is 23.7 Å². The quantitative estimate of drug-likeness (QED) is 0.908. The molecule has 2 rings (SSSR count). The molecule has 1 atom stereocenters. The van der Waals surface area contributed by atoms with Crippen LogP contribution in [0, 0.1) is 17.5 Å². The van der Waals surface area contributed by atoms with Crippen molar-refractivity contribution in [3.63, 3.8) is 0 Å². The molecule has 0 saturated carbocycles. The van der Waals surface area contributed by atoms with Gasteiger partial charge in [-0.15, -0.1) is 0 Å². The molecule has 1 unspecified atom stereocenters. The van der Waals surface area contributed by atoms with E-state index < -0.39 is 23.6 Å². The molecule has 2 aromatic carbocycles. The predicted octanol–water partition coefficient (Wildman–Crippen LogP) is 3.90. The lowest BCUT2D eigenvalue weighted by Gasteiger charge is -2.12. The molecule has 1 N–H and O–H groups in total. The van der Waals surface area contributed by atoms with E-state index in [0.29, 0.717) is 5.02 Å². The van der Waals surface area contributed by atoms with Crippen molar-refractivity contribution in [2.45, 2.75) is 18.9 Å². The van der Waals surface area contributed by atoms with Crippen LogP contribution in [0.15, 0.2) is 36.4 Å². The second-order valence-corrected chi connectivity index (χ2v) is 4.95. The van der Waals surface area contributed by atoms with E-state index in [1.165, 1.54) is 30.3 Å². The minimum absolute atomic E-state index is 0.0254. The molecule has 0 saturated heterocycles. The molecule has 0 bridgehead atoms. The number of benzene rings is 2. The third-order valence-electron chi connectivity index (χ3n) is 2.95. The van der Waals surface area contributed by atoms with Gasteiger partial charge in [0.1, 0.15) is 5.82 Å². The molecule has 0 aliphatic heterocycles. The smallest absolute Gasteiger partial charge is 0.162 e. The van der Waals surface area contributed by atoms with E-state index in [1.54, 1.807) is 0 Å². The van der Waals surface area contributed by atoms with Crippen LogP contribution in [0.1, 0.15) is 11.1 Å². The minimum atomic E-state index is -1.03. The summed E-state index contributed by atoms with van der Waals surface area (Å²) in [7, 11) is 0. The molecule has 2 aromatic rings. The highest BCUT2D eigenvalue weighted by Gasteiger charge is 2.15. The number of hydrogen-bond donors (Lipinski definition) is 1. The molecular formula is C15H12ClF3O. The fourth-order valence-electron chi connectivity index (χ4n) is 1.99. The van der Waals surface area contributed by atoms with Gasteiger partial charge in [0.05, 0.1) is 6.10 Å². The van der Waals surface area contributed by atoms with Crippen molar-refractivity contribution in [3.8, 4) is 0 Å². The van der Waals surface area contributed by atoms with Crippen LogP contribution >= 0.6 is 11.6 Å². The first-order valence-electron chi connectivity index (χ1n) is 6.02. The van der Waals surface area contributed by atoms with E-state index in [2.05, 4.69) is 0 Å². The monoisotopic (exact) mass is 300 g/mol. The second-order valence-electron chi connectivity index (χ2n) is 4.51. The lowest BCUT2D eigenvalue weighted by molar-refractivity contribution is 0.172. The van der Waals surface area contributed by atoms with Gasteiger partial charge in [-0.2, -0.15) is 0 Å². The molecule has 0 fully saturated rings. The van der Waals surface area contributed by atoms with Crippen molar-refractivity contribution in [3.05, 3.63) is 70.0 Å². The van der Waals surface area contributed by atoms with Crippen molar-refractivity contribution in [1.82, 2.24) is 0 Å². The van der Waals surface area contributed by atoms with Crippen LogP contribution in [-0.4, -0.2) is 11.2 Å². The van der Waals surface area contributed by atoms with Crippen LogP contribution in [0.5, 0.6) is 0 Å². The maximum Gasteiger partial charge on any atom is 0.162 e. The summed E-state index contributed by atoms with van der Waals surface area (Å²) in [6.45, 7) is 0. The Morgan fingerprint density at radius 2 is 1.65 bits per heavy atom. The van der Waals surface area contributed by atoms with Crippen molar-refractivity contribution < 1.29 is 18.3 Å². The second kappa shape index (κ2) is 6.29. The van der Waals surface area contributed by atoms with Gasteiger partial charge in [0.2, 0.25) is 0 Å². The molecule has 1 nitrogen and oxygen atoms in total. The fourth-order valence-corrected chi connectivity index (χ4v) is 2.18. The lowest BCUT2D eigenvalue weighted by Crippen LogP contribution is -2.16. The Kier molecular flexibility index (Phi) is 4.68. The van der Waals surface area contributed by atoms with Crippen molar-refractivity contribution in [2.75, 3.05) is 0 Å². The van der Waals surface area contributed by atoms with E-state index in [9.17, 15) is 18.3 Å². The Labute approximate surface area is 119 Å². The van der Waals surface area contributed by atoms with E-state index in [0.717, 1.165) is 6.07 Å². The largest absolute Gasteiger partial charge is 0.392 e. The van der Waals surface area contributed by atoms with Gasteiger partial charge >= 0.3 is 0 Å². The van der Waals surface area contributed by atoms with Crippen LogP contribution in [0.3, 0.4) is 0 Å². The maximum atomic E-state index is 13.5. The maximum absolute atomic E-state index is 13.5. The Morgan fingerprint density at radius 1 is 0.950 bits per heavy atom. The van der Waals surface area contributed by atoms with E-state index in [-0.39, 0.29) is 24.0 Å². The van der Waals surface area contributed by atoms with Gasteiger partial charge in [-0.3, -0.25) is 0 Å². The van der Waals surface area contributed by atoms with Crippen LogP contribution in [0.4, 0.5) is 13.2 Å². The molecule has 0 aliphatic carbocycles. The molecule has 0 aliphatic rings. The number of rotatable bonds is 4. The van der Waals surface area contributed by atoms with E-state index in [1.807, 2.05) is 0 Å². The third-order valence-corrected chi connectivity index (χ3v) is 3.19. The minimum Gasteiger partial charge on any atom is -0.392 e. The van der Waals surface area contributed by atoms with Gasteiger partial charge < -0.3 is 5.11 Å². The van der Waals surface area contributed by atoms with Crippen molar-refractivity contribution in [2.24, 2.45) is 0 Å². The third kappa shape index (κ3) is 3.52. The molecule has 20 heavy (non-hydrogen) atoms. The van der Waals surface area contributed by atoms with Gasteiger partial charge in [-0.05, 0) is 35.4 Å². The highest BCUT2D eigenvalue weighted by molar-refractivity contribution is 6.30. The zero-order valence-electron chi connectivity index (χ0n) is 10.4. The number of aliphatic hydroxyl groups is 1. The Hall–Kier alpha value is -1.52. The molecule has 106 valence electrons. The van der Waals surface area contributed by atoms with Gasteiger partial charge in [-0.25, -0.2) is 13.2 Å². The highest BCUT2D eigenvalue weighted by Crippen LogP contribution is 2.19. The normalized spacial score (nSPS) is 12.4. The summed E-state index contributed by atoms with van der Waals surface area (Å²) in [5, 5.41) is 10.2. The Bertz CT molecular complexity index is 612. The summed E-state index contributed by atoms with van der Waals surface area (Å²) in [6, 6.07) is 7.76. The number of halogens is 4.